The monoisotopic (exact) mass is 378 g/mol. The summed E-state index contributed by atoms with van der Waals surface area (Å²) in [4.78, 5) is 12.8. The summed E-state index contributed by atoms with van der Waals surface area (Å²) in [6.45, 7) is 1.81. The summed E-state index contributed by atoms with van der Waals surface area (Å²) in [5, 5.41) is 10.4. The highest BCUT2D eigenvalue weighted by atomic mass is 79.9. The van der Waals surface area contributed by atoms with Crippen LogP contribution in [-0.2, 0) is 0 Å². The zero-order valence-corrected chi connectivity index (χ0v) is 14.0. The van der Waals surface area contributed by atoms with Gasteiger partial charge in [-0.1, -0.05) is 12.1 Å². The van der Waals surface area contributed by atoms with E-state index in [0.29, 0.717) is 20.9 Å². The summed E-state index contributed by atoms with van der Waals surface area (Å²) in [5.74, 6) is -0.573. The highest BCUT2D eigenvalue weighted by Crippen LogP contribution is 2.34. The summed E-state index contributed by atoms with van der Waals surface area (Å²) >= 11 is 10.8. The molecule has 0 saturated heterocycles. The molecular weight excluding hydrogens is 372 g/mol. The summed E-state index contributed by atoms with van der Waals surface area (Å²) in [6, 6.07) is 10.0. The van der Waals surface area contributed by atoms with E-state index in [9.17, 15) is 5.26 Å². The predicted molar refractivity (Wildman–Crippen MR) is 86.6 cm³/mol. The topological polar surface area (TPSA) is 62.5 Å². The quantitative estimate of drug-likeness (QED) is 0.616. The number of aryl methyl sites for hydroxylation is 1. The lowest BCUT2D eigenvalue weighted by Crippen LogP contribution is -2.05. The Bertz CT molecular complexity index is 838. The Balaban J connectivity index is 2.17. The van der Waals surface area contributed by atoms with Gasteiger partial charge in [-0.15, -0.1) is 11.3 Å². The van der Waals surface area contributed by atoms with E-state index in [2.05, 4.69) is 37.0 Å². The number of hydrogen-bond donors (Lipinski definition) is 0. The van der Waals surface area contributed by atoms with Crippen LogP contribution in [0.4, 0.5) is 0 Å². The lowest BCUT2D eigenvalue weighted by molar-refractivity contribution is 0.909. The molecule has 1 atom stereocenters. The first kappa shape index (κ1) is 14.4. The van der Waals surface area contributed by atoms with Crippen molar-refractivity contribution in [1.29, 1.82) is 5.26 Å². The van der Waals surface area contributed by atoms with Crippen LogP contribution in [0.1, 0.15) is 22.3 Å². The van der Waals surface area contributed by atoms with Crippen LogP contribution in [0.15, 0.2) is 28.7 Å². The van der Waals surface area contributed by atoms with Gasteiger partial charge in [-0.3, -0.25) is 0 Å². The number of rotatable bonds is 2. The number of para-hydroxylation sites is 1. The molecule has 0 unspecified atom stereocenters. The molecule has 3 rings (SSSR count). The van der Waals surface area contributed by atoms with Crippen molar-refractivity contribution in [2.75, 3.05) is 0 Å². The summed E-state index contributed by atoms with van der Waals surface area (Å²) in [7, 11) is 0. The van der Waals surface area contributed by atoms with Gasteiger partial charge in [0.1, 0.15) is 10.9 Å². The molecule has 2 aromatic heterocycles. The Morgan fingerprint density at radius 2 is 2.05 bits per heavy atom. The molecule has 1 aromatic carbocycles. The predicted octanol–water partition coefficient (Wildman–Crippen LogP) is 4.47. The Hall–Kier alpha value is -1.55. The van der Waals surface area contributed by atoms with Gasteiger partial charge in [-0.05, 0) is 46.6 Å². The van der Waals surface area contributed by atoms with E-state index in [-0.39, 0.29) is 5.28 Å². The molecule has 21 heavy (non-hydrogen) atoms. The van der Waals surface area contributed by atoms with E-state index >= 15 is 0 Å². The van der Waals surface area contributed by atoms with Gasteiger partial charge < -0.3 is 0 Å². The highest BCUT2D eigenvalue weighted by Gasteiger charge is 2.24. The van der Waals surface area contributed by atoms with Crippen molar-refractivity contribution in [2.45, 2.75) is 12.8 Å². The third-order valence-corrected chi connectivity index (χ3v) is 5.23. The van der Waals surface area contributed by atoms with Crippen molar-refractivity contribution in [3.63, 3.8) is 0 Å². The molecule has 0 saturated carbocycles. The van der Waals surface area contributed by atoms with Crippen LogP contribution < -0.4 is 0 Å². The smallest absolute Gasteiger partial charge is 0.222 e. The van der Waals surface area contributed by atoms with E-state index < -0.39 is 5.92 Å². The molecule has 0 fully saturated rings. The van der Waals surface area contributed by atoms with Crippen molar-refractivity contribution >= 4 is 49.1 Å². The summed E-state index contributed by atoms with van der Waals surface area (Å²) < 4.78 is 1.73. The van der Waals surface area contributed by atoms with Crippen LogP contribution in [0.2, 0.25) is 5.28 Å². The van der Waals surface area contributed by atoms with Crippen molar-refractivity contribution in [3.05, 3.63) is 50.4 Å². The number of hydrogen-bond acceptors (Lipinski definition) is 5. The minimum Gasteiger partial charge on any atom is -0.239 e. The number of halogens is 2. The van der Waals surface area contributed by atoms with Gasteiger partial charge in [0.15, 0.2) is 0 Å². The zero-order valence-electron chi connectivity index (χ0n) is 10.8. The van der Waals surface area contributed by atoms with Gasteiger partial charge >= 0.3 is 0 Å². The van der Waals surface area contributed by atoms with Crippen LogP contribution in [0.3, 0.4) is 0 Å². The second-order valence-electron chi connectivity index (χ2n) is 4.36. The second kappa shape index (κ2) is 5.68. The molecule has 0 aliphatic heterocycles. The normalized spacial score (nSPS) is 12.3. The zero-order chi connectivity index (χ0) is 15.0. The maximum Gasteiger partial charge on any atom is 0.222 e. The number of fused-ring (bicyclic) bond motifs is 1. The average molecular weight is 380 g/mol. The molecule has 0 amide bonds. The lowest BCUT2D eigenvalue weighted by atomic mass is 10.1. The standard InChI is InChI=1S/C14H8BrClN4S/c1-7-11(15)12(20-14(16)18-7)8(6-17)13-19-9-4-2-3-5-10(9)21-13/h2-5,8H,1H3/t8-/m0/s1. The third-order valence-electron chi connectivity index (χ3n) is 2.98. The number of benzene rings is 1. The molecular formula is C14H8BrClN4S. The molecule has 7 heteroatoms. The molecule has 0 spiro atoms. The van der Waals surface area contributed by atoms with E-state index in [4.69, 9.17) is 11.6 Å². The fourth-order valence-corrected chi connectivity index (χ4v) is 3.62. The Morgan fingerprint density at radius 3 is 2.76 bits per heavy atom. The first-order chi connectivity index (χ1) is 10.1. The molecule has 104 valence electrons. The first-order valence-corrected chi connectivity index (χ1v) is 8.03. The Kier molecular flexibility index (Phi) is 3.89. The van der Waals surface area contributed by atoms with Crippen molar-refractivity contribution in [1.82, 2.24) is 15.0 Å². The lowest BCUT2D eigenvalue weighted by Gasteiger charge is -2.09. The van der Waals surface area contributed by atoms with E-state index in [1.54, 1.807) is 0 Å². The Labute approximate surface area is 138 Å². The first-order valence-electron chi connectivity index (χ1n) is 6.04. The largest absolute Gasteiger partial charge is 0.239 e. The maximum absolute atomic E-state index is 9.56. The van der Waals surface area contributed by atoms with Crippen molar-refractivity contribution in [3.8, 4) is 6.07 Å². The molecule has 0 bridgehead atoms. The van der Waals surface area contributed by atoms with Gasteiger partial charge in [-0.25, -0.2) is 15.0 Å². The van der Waals surface area contributed by atoms with Crippen LogP contribution >= 0.6 is 38.9 Å². The molecule has 3 aromatic rings. The minimum absolute atomic E-state index is 0.132. The molecule has 0 N–H and O–H groups in total. The maximum atomic E-state index is 9.56. The van der Waals surface area contributed by atoms with Gasteiger partial charge in [0.2, 0.25) is 5.28 Å². The van der Waals surface area contributed by atoms with Crippen molar-refractivity contribution in [2.24, 2.45) is 0 Å². The van der Waals surface area contributed by atoms with Crippen LogP contribution in [-0.4, -0.2) is 15.0 Å². The number of thiazole rings is 1. The van der Waals surface area contributed by atoms with E-state index in [1.807, 2.05) is 31.2 Å². The fourth-order valence-electron chi connectivity index (χ4n) is 1.98. The summed E-state index contributed by atoms with van der Waals surface area (Å²) in [6.07, 6.45) is 0. The molecule has 2 heterocycles. The SMILES string of the molecule is Cc1nc(Cl)nc([C@H](C#N)c2nc3ccccc3s2)c1Br. The number of aromatic nitrogens is 3. The van der Waals surface area contributed by atoms with Gasteiger partial charge in [-0.2, -0.15) is 5.26 Å². The Morgan fingerprint density at radius 1 is 1.29 bits per heavy atom. The van der Waals surface area contributed by atoms with Gasteiger partial charge in [0.25, 0.3) is 0 Å². The second-order valence-corrected chi connectivity index (χ2v) is 6.55. The van der Waals surface area contributed by atoms with E-state index in [0.717, 1.165) is 10.2 Å². The van der Waals surface area contributed by atoms with E-state index in [1.165, 1.54) is 11.3 Å². The van der Waals surface area contributed by atoms with Crippen molar-refractivity contribution < 1.29 is 0 Å². The van der Waals surface area contributed by atoms with Gasteiger partial charge in [0, 0.05) is 0 Å². The minimum atomic E-state index is -0.573. The molecule has 0 aliphatic carbocycles. The van der Waals surface area contributed by atoms with Crippen LogP contribution in [0.25, 0.3) is 10.2 Å². The third kappa shape index (κ3) is 2.64. The number of nitrogens with zero attached hydrogens (tertiary/aromatic N) is 4. The van der Waals surface area contributed by atoms with Crippen LogP contribution in [0.5, 0.6) is 0 Å². The molecule has 0 aliphatic rings. The molecule has 4 nitrogen and oxygen atoms in total. The average Bonchev–Trinajstić information content (AvgIpc) is 2.88. The fraction of sp³-hybridized carbons (Fsp3) is 0.143. The highest BCUT2D eigenvalue weighted by molar-refractivity contribution is 9.10. The summed E-state index contributed by atoms with van der Waals surface area (Å²) in [5.41, 5.74) is 2.13. The molecule has 0 radical (unpaired) electrons. The van der Waals surface area contributed by atoms with Gasteiger partial charge in [0.05, 0.1) is 32.1 Å². The van der Waals surface area contributed by atoms with Crippen LogP contribution in [0, 0.1) is 18.3 Å². The number of nitriles is 1.